The number of ether oxygens (including phenoxy) is 2. The van der Waals surface area contributed by atoms with Crippen molar-refractivity contribution >= 4 is 0 Å². The lowest BCUT2D eigenvalue weighted by molar-refractivity contribution is -0.0265. The van der Waals surface area contributed by atoms with Gasteiger partial charge >= 0.3 is 0 Å². The molecule has 0 aliphatic carbocycles. The van der Waals surface area contributed by atoms with E-state index in [1.807, 2.05) is 18.7 Å². The van der Waals surface area contributed by atoms with Crippen LogP contribution in [0.2, 0.25) is 0 Å². The van der Waals surface area contributed by atoms with Gasteiger partial charge in [0, 0.05) is 25.6 Å². The van der Waals surface area contributed by atoms with Crippen LogP contribution >= 0.6 is 0 Å². The van der Waals surface area contributed by atoms with E-state index in [2.05, 4.69) is 23.4 Å². The molecule has 0 fully saturated rings. The number of unbranched alkanes of at least 4 members (excludes halogenated alkanes) is 10. The Bertz CT molecular complexity index is 382. The van der Waals surface area contributed by atoms with Crippen LogP contribution in [0.5, 0.6) is 0 Å². The monoisotopic (exact) mass is 366 g/mol. The first-order chi connectivity index (χ1) is 12.9. The quantitative estimate of drug-likeness (QED) is 0.281. The Labute approximate surface area is 161 Å². The Kier molecular flexibility index (Phi) is 15.6. The van der Waals surface area contributed by atoms with E-state index in [0.29, 0.717) is 6.61 Å². The van der Waals surface area contributed by atoms with Gasteiger partial charge in [0.1, 0.15) is 0 Å². The lowest BCUT2D eigenvalue weighted by atomic mass is 10.1. The molecule has 0 radical (unpaired) electrons. The zero-order valence-corrected chi connectivity index (χ0v) is 17.3. The number of nitrogens with zero attached hydrogens (tertiary/aromatic N) is 2. The van der Waals surface area contributed by atoms with E-state index in [4.69, 9.17) is 9.47 Å². The molecule has 4 heteroatoms. The first-order valence-corrected chi connectivity index (χ1v) is 11.0. The van der Waals surface area contributed by atoms with Crippen molar-refractivity contribution < 1.29 is 9.47 Å². The average molecular weight is 367 g/mol. The van der Waals surface area contributed by atoms with Gasteiger partial charge in [-0.25, -0.2) is 4.98 Å². The highest BCUT2D eigenvalue weighted by molar-refractivity contribution is 4.76. The maximum absolute atomic E-state index is 6.11. The van der Waals surface area contributed by atoms with Crippen molar-refractivity contribution in [2.24, 2.45) is 0 Å². The van der Waals surface area contributed by atoms with Gasteiger partial charge in [-0.15, -0.1) is 0 Å². The molecular weight excluding hydrogens is 324 g/mol. The molecule has 0 saturated heterocycles. The zero-order chi connectivity index (χ0) is 18.7. The van der Waals surface area contributed by atoms with Crippen LogP contribution in [-0.2, 0) is 16.0 Å². The summed E-state index contributed by atoms with van der Waals surface area (Å²) in [5, 5.41) is 0. The zero-order valence-electron chi connectivity index (χ0n) is 17.3. The largest absolute Gasteiger partial charge is 0.379 e. The second-order valence-electron chi connectivity index (χ2n) is 7.36. The van der Waals surface area contributed by atoms with Gasteiger partial charge in [-0.2, -0.15) is 0 Å². The summed E-state index contributed by atoms with van der Waals surface area (Å²) in [5.74, 6) is 0. The van der Waals surface area contributed by atoms with Crippen molar-refractivity contribution in [2.45, 2.75) is 104 Å². The SMILES string of the molecule is CCCCCCCCOCC(Cn1ccnc1)OCCCCCCCC. The fraction of sp³-hybridized carbons (Fsp3) is 0.864. The molecule has 0 N–H and O–H groups in total. The van der Waals surface area contributed by atoms with Gasteiger partial charge in [0.25, 0.3) is 0 Å². The molecule has 0 aliphatic heterocycles. The van der Waals surface area contributed by atoms with Crippen LogP contribution in [0.25, 0.3) is 0 Å². The molecule has 0 bridgehead atoms. The van der Waals surface area contributed by atoms with Gasteiger partial charge in [-0.3, -0.25) is 0 Å². The Hall–Kier alpha value is -0.870. The smallest absolute Gasteiger partial charge is 0.0987 e. The molecule has 0 aromatic carbocycles. The maximum atomic E-state index is 6.11. The highest BCUT2D eigenvalue weighted by Gasteiger charge is 2.10. The predicted molar refractivity (Wildman–Crippen MR) is 110 cm³/mol. The molecule has 1 unspecified atom stereocenters. The predicted octanol–water partition coefficient (Wildman–Crippen LogP) is 6.01. The number of aromatic nitrogens is 2. The lowest BCUT2D eigenvalue weighted by Gasteiger charge is -2.19. The topological polar surface area (TPSA) is 36.3 Å². The first kappa shape index (κ1) is 23.2. The Morgan fingerprint density at radius 2 is 1.42 bits per heavy atom. The van der Waals surface area contributed by atoms with Crippen molar-refractivity contribution in [1.29, 1.82) is 0 Å². The molecule has 1 atom stereocenters. The van der Waals surface area contributed by atoms with Crippen LogP contribution in [-0.4, -0.2) is 35.5 Å². The van der Waals surface area contributed by atoms with E-state index in [-0.39, 0.29) is 6.10 Å². The molecule has 0 saturated carbocycles. The van der Waals surface area contributed by atoms with E-state index in [1.165, 1.54) is 70.6 Å². The van der Waals surface area contributed by atoms with Gasteiger partial charge < -0.3 is 14.0 Å². The molecule has 1 aromatic rings. The van der Waals surface area contributed by atoms with Crippen molar-refractivity contribution in [3.63, 3.8) is 0 Å². The first-order valence-electron chi connectivity index (χ1n) is 11.0. The molecular formula is C22H42N2O2. The van der Waals surface area contributed by atoms with E-state index >= 15 is 0 Å². The van der Waals surface area contributed by atoms with Crippen LogP contribution in [0.1, 0.15) is 90.9 Å². The second-order valence-corrected chi connectivity index (χ2v) is 7.36. The molecule has 26 heavy (non-hydrogen) atoms. The highest BCUT2D eigenvalue weighted by atomic mass is 16.5. The molecule has 152 valence electrons. The summed E-state index contributed by atoms with van der Waals surface area (Å²) in [6.07, 6.45) is 21.4. The van der Waals surface area contributed by atoms with Gasteiger partial charge in [-0.1, -0.05) is 78.1 Å². The summed E-state index contributed by atoms with van der Waals surface area (Å²) in [4.78, 5) is 4.13. The fourth-order valence-corrected chi connectivity index (χ4v) is 3.12. The standard InChI is InChI=1S/C22H42N2O2/c1-3-5-7-9-11-13-17-25-20-22(19-24-16-15-23-21-24)26-18-14-12-10-8-6-4-2/h15-16,21-22H,3-14,17-20H2,1-2H3. The van der Waals surface area contributed by atoms with Crippen LogP contribution in [0, 0.1) is 0 Å². The maximum Gasteiger partial charge on any atom is 0.0987 e. The number of hydrogen-bond donors (Lipinski definition) is 0. The third-order valence-electron chi connectivity index (χ3n) is 4.77. The molecule has 4 nitrogen and oxygen atoms in total. The third-order valence-corrected chi connectivity index (χ3v) is 4.77. The summed E-state index contributed by atoms with van der Waals surface area (Å²) < 4.78 is 14.1. The van der Waals surface area contributed by atoms with Gasteiger partial charge in [0.15, 0.2) is 0 Å². The minimum atomic E-state index is 0.125. The van der Waals surface area contributed by atoms with E-state index in [0.717, 1.165) is 26.2 Å². The van der Waals surface area contributed by atoms with Crippen molar-refractivity contribution in [3.8, 4) is 0 Å². The van der Waals surface area contributed by atoms with Gasteiger partial charge in [-0.05, 0) is 12.8 Å². The minimum Gasteiger partial charge on any atom is -0.379 e. The Balaban J connectivity index is 2.12. The number of imidazole rings is 1. The summed E-state index contributed by atoms with van der Waals surface area (Å²) in [7, 11) is 0. The molecule has 0 spiro atoms. The highest BCUT2D eigenvalue weighted by Crippen LogP contribution is 2.08. The van der Waals surface area contributed by atoms with Gasteiger partial charge in [0.2, 0.25) is 0 Å². The number of hydrogen-bond acceptors (Lipinski definition) is 3. The minimum absolute atomic E-state index is 0.125. The summed E-state index contributed by atoms with van der Waals surface area (Å²) in [6.45, 7) is 7.72. The summed E-state index contributed by atoms with van der Waals surface area (Å²) in [5.41, 5.74) is 0. The van der Waals surface area contributed by atoms with Crippen LogP contribution < -0.4 is 0 Å². The second kappa shape index (κ2) is 17.5. The normalized spacial score (nSPS) is 12.5. The molecule has 1 rings (SSSR count). The van der Waals surface area contributed by atoms with Crippen LogP contribution in [0.3, 0.4) is 0 Å². The molecule has 1 aromatic heterocycles. The van der Waals surface area contributed by atoms with Crippen molar-refractivity contribution in [2.75, 3.05) is 19.8 Å². The lowest BCUT2D eigenvalue weighted by Crippen LogP contribution is -2.26. The van der Waals surface area contributed by atoms with Crippen LogP contribution in [0.15, 0.2) is 18.7 Å². The van der Waals surface area contributed by atoms with Crippen LogP contribution in [0.4, 0.5) is 0 Å². The Morgan fingerprint density at radius 3 is 2.04 bits per heavy atom. The third kappa shape index (κ3) is 13.3. The summed E-state index contributed by atoms with van der Waals surface area (Å²) in [6, 6.07) is 0. The van der Waals surface area contributed by atoms with E-state index in [9.17, 15) is 0 Å². The van der Waals surface area contributed by atoms with Crippen molar-refractivity contribution in [1.82, 2.24) is 9.55 Å². The Morgan fingerprint density at radius 1 is 0.808 bits per heavy atom. The van der Waals surface area contributed by atoms with E-state index in [1.54, 1.807) is 0 Å². The molecule has 1 heterocycles. The van der Waals surface area contributed by atoms with Gasteiger partial charge in [0.05, 0.1) is 25.6 Å². The van der Waals surface area contributed by atoms with E-state index < -0.39 is 0 Å². The number of rotatable bonds is 19. The average Bonchev–Trinajstić information content (AvgIpc) is 3.16. The molecule has 0 amide bonds. The summed E-state index contributed by atoms with van der Waals surface area (Å²) >= 11 is 0. The fourth-order valence-electron chi connectivity index (χ4n) is 3.12. The van der Waals surface area contributed by atoms with Crippen molar-refractivity contribution in [3.05, 3.63) is 18.7 Å². The molecule has 0 aliphatic rings.